The molecule has 0 aromatic heterocycles. The van der Waals surface area contributed by atoms with Crippen molar-refractivity contribution in [1.82, 2.24) is 0 Å². The molecule has 0 N–H and O–H groups in total. The predicted octanol–water partition coefficient (Wildman–Crippen LogP) is 6.43. The van der Waals surface area contributed by atoms with Gasteiger partial charge >= 0.3 is 0 Å². The third-order valence-corrected chi connectivity index (χ3v) is 13.4. The molecule has 0 fully saturated rings. The van der Waals surface area contributed by atoms with E-state index in [2.05, 4.69) is 0 Å². The lowest BCUT2D eigenvalue weighted by Gasteiger charge is -2.18. The van der Waals surface area contributed by atoms with Crippen LogP contribution in [0.3, 0.4) is 0 Å². The zero-order chi connectivity index (χ0) is 17.5. The van der Waals surface area contributed by atoms with Crippen molar-refractivity contribution in [3.05, 3.63) is 0 Å². The van der Waals surface area contributed by atoms with E-state index in [1.54, 1.807) is 0 Å². The highest BCUT2D eigenvalue weighted by Gasteiger charge is 2.18. The molecule has 0 aromatic carbocycles. The second kappa shape index (κ2) is 16.9. The van der Waals surface area contributed by atoms with Crippen LogP contribution in [0.1, 0.15) is 27.7 Å². The molecule has 0 aliphatic carbocycles. The fraction of sp³-hybridized carbons (Fsp3) is 1.00. The van der Waals surface area contributed by atoms with Gasteiger partial charge in [-0.15, -0.1) is 23.2 Å². The molecule has 0 rings (SSSR count). The van der Waals surface area contributed by atoms with E-state index in [9.17, 15) is 0 Å². The van der Waals surface area contributed by atoms with Crippen LogP contribution in [0, 0.1) is 0 Å². The Hall–Kier alpha value is 2.42. The summed E-state index contributed by atoms with van der Waals surface area (Å²) in [5, 5.41) is 0.856. The Morgan fingerprint density at radius 2 is 0.909 bits per heavy atom. The molecule has 0 amide bonds. The minimum Gasteiger partial charge on any atom is -0.322 e. The molecule has 0 aromatic rings. The van der Waals surface area contributed by atoms with Crippen molar-refractivity contribution in [2.24, 2.45) is 0 Å². The molecule has 0 unspecified atom stereocenters. The topological polar surface area (TPSA) is 36.9 Å². The first-order valence-electron chi connectivity index (χ1n) is 6.56. The highest BCUT2D eigenvalue weighted by molar-refractivity contribution is 8.68. The molecular weight excluding hydrogens is 445 g/mol. The maximum atomic E-state index is 5.52. The molecule has 22 heavy (non-hydrogen) atoms. The molecule has 0 saturated heterocycles. The summed E-state index contributed by atoms with van der Waals surface area (Å²) in [5.41, 5.74) is -4.20. The van der Waals surface area contributed by atoms with Gasteiger partial charge in [-0.05, 0) is 51.3 Å². The zero-order valence-corrected chi connectivity index (χ0v) is 19.7. The van der Waals surface area contributed by atoms with Crippen LogP contribution in [0.5, 0.6) is 0 Å². The molecule has 0 heterocycles. The van der Waals surface area contributed by atoms with Gasteiger partial charge in [0.2, 0.25) is 11.4 Å². The van der Waals surface area contributed by atoms with E-state index < -0.39 is 11.4 Å². The van der Waals surface area contributed by atoms with Gasteiger partial charge in [0.25, 0.3) is 0 Å². The van der Waals surface area contributed by atoms with Crippen LogP contribution < -0.4 is 0 Å². The molecule has 0 spiro atoms. The first-order valence-corrected chi connectivity index (χ1v) is 16.1. The lowest BCUT2D eigenvalue weighted by molar-refractivity contribution is 0.280. The summed E-state index contributed by atoms with van der Waals surface area (Å²) in [5.74, 6) is 0. The summed E-state index contributed by atoms with van der Waals surface area (Å²) in [6.07, 6.45) is 0. The molecule has 12 heteroatoms. The van der Waals surface area contributed by atoms with E-state index in [-0.39, 0.29) is 0 Å². The Kier molecular flexibility index (Phi) is 20.4. The quantitative estimate of drug-likeness (QED) is 0.239. The third kappa shape index (κ3) is 14.7. The summed E-state index contributed by atoms with van der Waals surface area (Å²) in [4.78, 5) is 0. The fourth-order valence-corrected chi connectivity index (χ4v) is 11.4. The van der Waals surface area contributed by atoms with Crippen molar-refractivity contribution in [2.75, 3.05) is 36.9 Å². The number of rotatable bonds is 12. The zero-order valence-electron chi connectivity index (χ0n) is 13.2. The van der Waals surface area contributed by atoms with Crippen LogP contribution in [0.4, 0.5) is 0 Å². The Labute approximate surface area is 162 Å². The SMILES string of the molecule is CCOP(=S)(OCC)SCCl.CCOP(=S)(OCC)SCCl. The molecule has 0 aliphatic rings. The molecule has 0 saturated carbocycles. The average molecular weight is 469 g/mol. The van der Waals surface area contributed by atoms with Gasteiger partial charge in [-0.25, -0.2) is 0 Å². The third-order valence-electron chi connectivity index (χ3n) is 1.56. The van der Waals surface area contributed by atoms with Gasteiger partial charge in [-0.2, -0.15) is 0 Å². The van der Waals surface area contributed by atoms with Crippen molar-refractivity contribution >= 4 is 81.0 Å². The van der Waals surface area contributed by atoms with Crippen LogP contribution in [-0.4, -0.2) is 36.9 Å². The standard InChI is InChI=1S/2C5H12ClO2PS2/c2*1-3-7-9(10,8-4-2)11-5-6/h2*3-5H2,1-2H3. The first-order chi connectivity index (χ1) is 10.4. The maximum Gasteiger partial charge on any atom is 0.248 e. The lowest BCUT2D eigenvalue weighted by Crippen LogP contribution is -1.91. The van der Waals surface area contributed by atoms with Gasteiger partial charge in [0, 0.05) is 0 Å². The van der Waals surface area contributed by atoms with E-state index in [0.717, 1.165) is 0 Å². The molecule has 0 bridgehead atoms. The number of alkyl halides is 2. The Morgan fingerprint density at radius 3 is 1.05 bits per heavy atom. The normalized spacial score (nSPS) is 11.9. The molecular formula is C10H24Cl2O4P2S4. The monoisotopic (exact) mass is 468 g/mol. The van der Waals surface area contributed by atoms with Crippen LogP contribution in [0.15, 0.2) is 0 Å². The predicted molar refractivity (Wildman–Crippen MR) is 112 cm³/mol. The second-order valence-electron chi connectivity index (χ2n) is 3.04. The average Bonchev–Trinajstić information content (AvgIpc) is 2.40. The van der Waals surface area contributed by atoms with Crippen LogP contribution in [0.2, 0.25) is 0 Å². The second-order valence-corrected chi connectivity index (χ2v) is 16.8. The van der Waals surface area contributed by atoms with Gasteiger partial charge < -0.3 is 18.1 Å². The van der Waals surface area contributed by atoms with Crippen LogP contribution >= 0.6 is 57.4 Å². The molecule has 0 radical (unpaired) electrons. The maximum absolute atomic E-state index is 5.52. The Bertz CT molecular complexity index is 273. The molecule has 136 valence electrons. The van der Waals surface area contributed by atoms with Crippen molar-refractivity contribution in [2.45, 2.75) is 27.7 Å². The van der Waals surface area contributed by atoms with Crippen LogP contribution in [-0.2, 0) is 41.7 Å². The first kappa shape index (κ1) is 26.6. The van der Waals surface area contributed by atoms with E-state index in [0.29, 0.717) is 36.9 Å². The summed E-state index contributed by atoms with van der Waals surface area (Å²) in [6.45, 7) is 9.93. The molecule has 0 aliphatic heterocycles. The van der Waals surface area contributed by atoms with Crippen molar-refractivity contribution < 1.29 is 18.1 Å². The van der Waals surface area contributed by atoms with Crippen molar-refractivity contribution in [3.63, 3.8) is 0 Å². The summed E-state index contributed by atoms with van der Waals surface area (Å²) >= 11 is 24.1. The van der Waals surface area contributed by atoms with Crippen molar-refractivity contribution in [1.29, 1.82) is 0 Å². The number of hydrogen-bond acceptors (Lipinski definition) is 8. The Balaban J connectivity index is 0. The van der Waals surface area contributed by atoms with Gasteiger partial charge in [-0.3, -0.25) is 0 Å². The minimum absolute atomic E-state index is 0.428. The van der Waals surface area contributed by atoms with Crippen LogP contribution in [0.25, 0.3) is 0 Å². The summed E-state index contributed by atoms with van der Waals surface area (Å²) in [7, 11) is 0. The summed E-state index contributed by atoms with van der Waals surface area (Å²) < 4.78 is 21.2. The van der Waals surface area contributed by atoms with E-state index in [1.165, 1.54) is 22.8 Å². The summed E-state index contributed by atoms with van der Waals surface area (Å²) in [6, 6.07) is 0. The van der Waals surface area contributed by atoms with E-state index in [4.69, 9.17) is 64.9 Å². The highest BCUT2D eigenvalue weighted by atomic mass is 35.5. The van der Waals surface area contributed by atoms with Gasteiger partial charge in [0.1, 0.15) is 0 Å². The highest BCUT2D eigenvalue weighted by Crippen LogP contribution is 2.61. The lowest BCUT2D eigenvalue weighted by atomic mass is 10.9. The van der Waals surface area contributed by atoms with Gasteiger partial charge in [0.05, 0.1) is 36.9 Å². The van der Waals surface area contributed by atoms with E-state index >= 15 is 0 Å². The van der Waals surface area contributed by atoms with Crippen molar-refractivity contribution in [3.8, 4) is 0 Å². The molecule has 4 nitrogen and oxygen atoms in total. The minimum atomic E-state index is -2.10. The molecule has 0 atom stereocenters. The number of hydrogen-bond donors (Lipinski definition) is 0. The van der Waals surface area contributed by atoms with Gasteiger partial charge in [0.15, 0.2) is 0 Å². The van der Waals surface area contributed by atoms with Gasteiger partial charge in [-0.1, -0.05) is 22.8 Å². The number of halogens is 2. The van der Waals surface area contributed by atoms with E-state index in [1.807, 2.05) is 27.7 Å². The Morgan fingerprint density at radius 1 is 0.682 bits per heavy atom. The smallest absolute Gasteiger partial charge is 0.248 e. The largest absolute Gasteiger partial charge is 0.322 e. The fourth-order valence-electron chi connectivity index (χ4n) is 0.976.